The molecule has 1 aliphatic rings. The molecule has 0 aromatic heterocycles. The molecular weight excluding hydrogens is 231 g/mol. The highest BCUT2D eigenvalue weighted by Crippen LogP contribution is 2.27. The lowest BCUT2D eigenvalue weighted by Crippen LogP contribution is -2.33. The molecule has 1 aromatic rings. The second kappa shape index (κ2) is 3.82. The third-order valence-electron chi connectivity index (χ3n) is 2.84. The first-order valence-corrected chi connectivity index (χ1v) is 6.89. The van der Waals surface area contributed by atoms with Crippen molar-refractivity contribution in [1.29, 1.82) is 0 Å². The summed E-state index contributed by atoms with van der Waals surface area (Å²) in [5.41, 5.74) is -0.941. The SMILES string of the molecule is O=S1(=O)CCC(O)(Cc2ccccc2F)C1. The van der Waals surface area contributed by atoms with Gasteiger partial charge in [-0.25, -0.2) is 12.8 Å². The van der Waals surface area contributed by atoms with E-state index in [9.17, 15) is 17.9 Å². The zero-order valence-corrected chi connectivity index (χ0v) is 9.50. The van der Waals surface area contributed by atoms with E-state index in [2.05, 4.69) is 0 Å². The van der Waals surface area contributed by atoms with Crippen molar-refractivity contribution < 1.29 is 17.9 Å². The van der Waals surface area contributed by atoms with Gasteiger partial charge in [-0.3, -0.25) is 0 Å². The molecule has 0 amide bonds. The Morgan fingerprint density at radius 1 is 1.38 bits per heavy atom. The van der Waals surface area contributed by atoms with Gasteiger partial charge in [0.2, 0.25) is 0 Å². The molecule has 2 rings (SSSR count). The Balaban J connectivity index is 2.20. The Kier molecular flexibility index (Phi) is 2.75. The normalized spacial score (nSPS) is 28.1. The molecule has 1 saturated heterocycles. The van der Waals surface area contributed by atoms with Crippen molar-refractivity contribution >= 4 is 9.84 Å². The van der Waals surface area contributed by atoms with E-state index in [0.29, 0.717) is 5.56 Å². The number of benzene rings is 1. The molecule has 1 unspecified atom stereocenters. The van der Waals surface area contributed by atoms with E-state index in [-0.39, 0.29) is 24.3 Å². The lowest BCUT2D eigenvalue weighted by molar-refractivity contribution is 0.0672. The van der Waals surface area contributed by atoms with Crippen molar-refractivity contribution in [2.45, 2.75) is 18.4 Å². The number of hydrogen-bond acceptors (Lipinski definition) is 3. The van der Waals surface area contributed by atoms with E-state index in [1.807, 2.05) is 0 Å². The Morgan fingerprint density at radius 3 is 2.62 bits per heavy atom. The molecule has 0 bridgehead atoms. The average Bonchev–Trinajstić information content (AvgIpc) is 2.45. The summed E-state index contributed by atoms with van der Waals surface area (Å²) in [4.78, 5) is 0. The van der Waals surface area contributed by atoms with Gasteiger partial charge in [0.1, 0.15) is 5.82 Å². The molecule has 3 nitrogen and oxygen atoms in total. The van der Waals surface area contributed by atoms with Crippen molar-refractivity contribution in [3.8, 4) is 0 Å². The third kappa shape index (κ3) is 2.41. The molecule has 1 N–H and O–H groups in total. The number of rotatable bonds is 2. The number of hydrogen-bond donors (Lipinski definition) is 1. The number of halogens is 1. The monoisotopic (exact) mass is 244 g/mol. The average molecular weight is 244 g/mol. The van der Waals surface area contributed by atoms with Crippen LogP contribution in [0.3, 0.4) is 0 Å². The predicted octanol–water partition coefficient (Wildman–Crippen LogP) is 0.918. The van der Waals surface area contributed by atoms with Crippen LogP contribution in [0, 0.1) is 5.82 Å². The van der Waals surface area contributed by atoms with E-state index in [0.717, 1.165) is 0 Å². The van der Waals surface area contributed by atoms with E-state index in [4.69, 9.17) is 0 Å². The van der Waals surface area contributed by atoms with Crippen molar-refractivity contribution in [2.24, 2.45) is 0 Å². The van der Waals surface area contributed by atoms with Crippen molar-refractivity contribution in [2.75, 3.05) is 11.5 Å². The minimum absolute atomic E-state index is 0.0159. The Morgan fingerprint density at radius 2 is 2.06 bits per heavy atom. The van der Waals surface area contributed by atoms with E-state index >= 15 is 0 Å². The first-order chi connectivity index (χ1) is 7.40. The summed E-state index contributed by atoms with van der Waals surface area (Å²) in [6, 6.07) is 6.11. The Bertz CT molecular complexity index is 498. The molecule has 1 aromatic carbocycles. The second-order valence-electron chi connectivity index (χ2n) is 4.33. The molecule has 0 radical (unpaired) electrons. The maximum absolute atomic E-state index is 13.3. The summed E-state index contributed by atoms with van der Waals surface area (Å²) in [7, 11) is -3.16. The van der Waals surface area contributed by atoms with Crippen LogP contribution in [0.15, 0.2) is 24.3 Å². The summed E-state index contributed by atoms with van der Waals surface area (Å²) >= 11 is 0. The largest absolute Gasteiger partial charge is 0.388 e. The first kappa shape index (κ1) is 11.5. The molecule has 1 fully saturated rings. The first-order valence-electron chi connectivity index (χ1n) is 5.06. The lowest BCUT2D eigenvalue weighted by atomic mass is 9.94. The fourth-order valence-corrected chi connectivity index (χ4v) is 3.94. The van der Waals surface area contributed by atoms with Crippen molar-refractivity contribution in [1.82, 2.24) is 0 Å². The van der Waals surface area contributed by atoms with Gasteiger partial charge in [-0.05, 0) is 18.1 Å². The summed E-state index contributed by atoms with van der Waals surface area (Å²) in [5.74, 6) is -0.688. The summed E-state index contributed by atoms with van der Waals surface area (Å²) in [6.07, 6.45) is 0.239. The zero-order valence-electron chi connectivity index (χ0n) is 8.69. The fraction of sp³-hybridized carbons (Fsp3) is 0.455. The van der Waals surface area contributed by atoms with Crippen LogP contribution in [0.4, 0.5) is 4.39 Å². The van der Waals surface area contributed by atoms with Crippen LogP contribution in [0.5, 0.6) is 0 Å². The highest BCUT2D eigenvalue weighted by Gasteiger charge is 2.40. The summed E-state index contributed by atoms with van der Waals surface area (Å²) in [5, 5.41) is 10.1. The van der Waals surface area contributed by atoms with Crippen LogP contribution in [0.25, 0.3) is 0 Å². The van der Waals surface area contributed by atoms with Crippen molar-refractivity contribution in [3.05, 3.63) is 35.6 Å². The molecule has 16 heavy (non-hydrogen) atoms. The van der Waals surface area contributed by atoms with Gasteiger partial charge in [-0.2, -0.15) is 0 Å². The zero-order chi connectivity index (χ0) is 11.8. The Labute approximate surface area is 93.8 Å². The highest BCUT2D eigenvalue weighted by atomic mass is 32.2. The van der Waals surface area contributed by atoms with Gasteiger partial charge in [0, 0.05) is 6.42 Å². The van der Waals surface area contributed by atoms with Gasteiger partial charge < -0.3 is 5.11 Å². The maximum Gasteiger partial charge on any atom is 0.153 e. The topological polar surface area (TPSA) is 54.4 Å². The van der Waals surface area contributed by atoms with Gasteiger partial charge in [0.25, 0.3) is 0 Å². The van der Waals surface area contributed by atoms with Gasteiger partial charge in [-0.15, -0.1) is 0 Å². The molecule has 1 aliphatic heterocycles. The minimum Gasteiger partial charge on any atom is -0.388 e. The van der Waals surface area contributed by atoms with Crippen LogP contribution in [-0.2, 0) is 16.3 Å². The molecule has 0 aliphatic carbocycles. The van der Waals surface area contributed by atoms with E-state index in [1.54, 1.807) is 18.2 Å². The van der Waals surface area contributed by atoms with Gasteiger partial charge in [-0.1, -0.05) is 18.2 Å². The quantitative estimate of drug-likeness (QED) is 0.841. The summed E-state index contributed by atoms with van der Waals surface area (Å²) < 4.78 is 35.9. The Hall–Kier alpha value is -0.940. The van der Waals surface area contributed by atoms with E-state index < -0.39 is 21.3 Å². The smallest absolute Gasteiger partial charge is 0.153 e. The molecule has 88 valence electrons. The van der Waals surface area contributed by atoms with Gasteiger partial charge in [0.05, 0.1) is 17.1 Å². The van der Waals surface area contributed by atoms with Crippen LogP contribution >= 0.6 is 0 Å². The predicted molar refractivity (Wildman–Crippen MR) is 58.3 cm³/mol. The highest BCUT2D eigenvalue weighted by molar-refractivity contribution is 7.91. The molecule has 1 heterocycles. The molecule has 0 spiro atoms. The number of sulfone groups is 1. The van der Waals surface area contributed by atoms with Crippen molar-refractivity contribution in [3.63, 3.8) is 0 Å². The molecular formula is C11H13FO3S. The third-order valence-corrected chi connectivity index (χ3v) is 4.65. The van der Waals surface area contributed by atoms with Crippen LogP contribution in [-0.4, -0.2) is 30.6 Å². The van der Waals surface area contributed by atoms with Crippen LogP contribution in [0.1, 0.15) is 12.0 Å². The van der Waals surface area contributed by atoms with Gasteiger partial charge >= 0.3 is 0 Å². The number of aliphatic hydroxyl groups is 1. The maximum atomic E-state index is 13.3. The minimum atomic E-state index is -3.16. The van der Waals surface area contributed by atoms with Crippen LogP contribution in [0.2, 0.25) is 0 Å². The second-order valence-corrected chi connectivity index (χ2v) is 6.52. The summed E-state index contributed by atoms with van der Waals surface area (Å²) in [6.45, 7) is 0. The molecule has 0 saturated carbocycles. The van der Waals surface area contributed by atoms with E-state index in [1.165, 1.54) is 6.07 Å². The molecule has 1 atom stereocenters. The molecule has 5 heteroatoms. The standard InChI is InChI=1S/C11H13FO3S/c12-10-4-2-1-3-9(10)7-11(13)5-6-16(14,15)8-11/h1-4,13H,5-8H2. The lowest BCUT2D eigenvalue weighted by Gasteiger charge is -2.20. The fourth-order valence-electron chi connectivity index (χ4n) is 2.03. The van der Waals surface area contributed by atoms with Crippen LogP contribution < -0.4 is 0 Å². The van der Waals surface area contributed by atoms with Gasteiger partial charge in [0.15, 0.2) is 9.84 Å².